The molecule has 4 rings (SSSR count). The Labute approximate surface area is 172 Å². The van der Waals surface area contributed by atoms with Gasteiger partial charge < -0.3 is 21.3 Å². The Morgan fingerprint density at radius 1 is 1.24 bits per heavy atom. The predicted molar refractivity (Wildman–Crippen MR) is 114 cm³/mol. The fraction of sp³-hybridized carbons (Fsp3) is 0.381. The number of anilines is 1. The van der Waals surface area contributed by atoms with E-state index in [2.05, 4.69) is 27.8 Å². The zero-order valence-electron chi connectivity index (χ0n) is 16.2. The second-order valence-corrected chi connectivity index (χ2v) is 8.65. The molecule has 0 radical (unpaired) electrons. The molecule has 152 valence electrons. The van der Waals surface area contributed by atoms with E-state index in [1.807, 2.05) is 19.1 Å². The number of thiophene rings is 1. The first-order valence-electron chi connectivity index (χ1n) is 9.81. The number of hydrogen-bond donors (Lipinski definition) is 4. The van der Waals surface area contributed by atoms with Gasteiger partial charge in [0.05, 0.1) is 5.69 Å². The first-order chi connectivity index (χ1) is 14.0. The molecule has 1 fully saturated rings. The molecular formula is C21H24N4O3S. The van der Waals surface area contributed by atoms with Crippen LogP contribution in [0.5, 0.6) is 0 Å². The van der Waals surface area contributed by atoms with Gasteiger partial charge in [-0.05, 0) is 50.5 Å². The molecule has 3 amide bonds. The Morgan fingerprint density at radius 3 is 2.76 bits per heavy atom. The number of amides is 3. The van der Waals surface area contributed by atoms with Crippen molar-refractivity contribution in [2.75, 3.05) is 11.9 Å². The van der Waals surface area contributed by atoms with Crippen LogP contribution < -0.4 is 21.3 Å². The van der Waals surface area contributed by atoms with E-state index >= 15 is 0 Å². The molecule has 1 aliphatic heterocycles. The van der Waals surface area contributed by atoms with Gasteiger partial charge in [-0.25, -0.2) is 0 Å². The lowest BCUT2D eigenvalue weighted by molar-refractivity contribution is -0.117. The van der Waals surface area contributed by atoms with E-state index in [4.69, 9.17) is 0 Å². The lowest BCUT2D eigenvalue weighted by Crippen LogP contribution is -2.48. The van der Waals surface area contributed by atoms with Crippen LogP contribution in [-0.2, 0) is 4.79 Å². The van der Waals surface area contributed by atoms with Gasteiger partial charge in [-0.2, -0.15) is 0 Å². The van der Waals surface area contributed by atoms with Crippen LogP contribution in [0.25, 0.3) is 10.1 Å². The van der Waals surface area contributed by atoms with Crippen molar-refractivity contribution in [3.8, 4) is 0 Å². The van der Waals surface area contributed by atoms with Crippen molar-refractivity contribution in [1.29, 1.82) is 0 Å². The normalized spacial score (nSPS) is 23.5. The molecule has 3 atom stereocenters. The van der Waals surface area contributed by atoms with E-state index in [9.17, 15) is 14.4 Å². The van der Waals surface area contributed by atoms with Crippen molar-refractivity contribution >= 4 is 44.8 Å². The molecule has 8 heteroatoms. The third-order valence-corrected chi connectivity index (χ3v) is 6.63. The van der Waals surface area contributed by atoms with Crippen LogP contribution in [-0.4, -0.2) is 42.4 Å². The van der Waals surface area contributed by atoms with Gasteiger partial charge >= 0.3 is 0 Å². The summed E-state index contributed by atoms with van der Waals surface area (Å²) in [7, 11) is 0. The van der Waals surface area contributed by atoms with Gasteiger partial charge in [0, 0.05) is 40.3 Å². The highest BCUT2D eigenvalue weighted by atomic mass is 32.1. The van der Waals surface area contributed by atoms with E-state index in [-0.39, 0.29) is 35.8 Å². The van der Waals surface area contributed by atoms with Gasteiger partial charge in [0.25, 0.3) is 11.8 Å². The second kappa shape index (κ2) is 7.87. The molecule has 1 aromatic carbocycles. The van der Waals surface area contributed by atoms with Crippen LogP contribution in [0.2, 0.25) is 0 Å². The van der Waals surface area contributed by atoms with Crippen molar-refractivity contribution in [3.63, 3.8) is 0 Å². The molecule has 1 saturated carbocycles. The Morgan fingerprint density at radius 2 is 2.00 bits per heavy atom. The summed E-state index contributed by atoms with van der Waals surface area (Å²) < 4.78 is 0.959. The fourth-order valence-electron chi connectivity index (χ4n) is 3.97. The smallest absolute Gasteiger partial charge is 0.263 e. The van der Waals surface area contributed by atoms with Crippen LogP contribution >= 0.6 is 11.3 Å². The average Bonchev–Trinajstić information content (AvgIpc) is 3.26. The van der Waals surface area contributed by atoms with Crippen molar-refractivity contribution in [2.24, 2.45) is 0 Å². The molecule has 1 aliphatic carbocycles. The summed E-state index contributed by atoms with van der Waals surface area (Å²) in [6.07, 6.45) is 3.85. The van der Waals surface area contributed by atoms with E-state index in [1.165, 1.54) is 17.4 Å². The monoisotopic (exact) mass is 412 g/mol. The lowest BCUT2D eigenvalue weighted by Gasteiger charge is -2.21. The minimum absolute atomic E-state index is 0.0358. The number of rotatable bonds is 4. The molecule has 7 nitrogen and oxygen atoms in total. The summed E-state index contributed by atoms with van der Waals surface area (Å²) in [5, 5.41) is 13.1. The van der Waals surface area contributed by atoms with Crippen molar-refractivity contribution in [2.45, 2.75) is 44.3 Å². The van der Waals surface area contributed by atoms with Crippen molar-refractivity contribution in [1.82, 2.24) is 16.0 Å². The Bertz CT molecular complexity index is 999. The fourth-order valence-corrected chi connectivity index (χ4v) is 5.03. The summed E-state index contributed by atoms with van der Waals surface area (Å²) in [6.45, 7) is 6.06. The van der Waals surface area contributed by atoms with E-state index < -0.39 is 0 Å². The Kier molecular flexibility index (Phi) is 5.27. The summed E-state index contributed by atoms with van der Waals surface area (Å²) in [5.41, 5.74) is 1.33. The highest BCUT2D eigenvalue weighted by Crippen LogP contribution is 2.37. The van der Waals surface area contributed by atoms with E-state index in [0.29, 0.717) is 17.0 Å². The van der Waals surface area contributed by atoms with Gasteiger partial charge in [-0.1, -0.05) is 6.58 Å². The first kappa shape index (κ1) is 19.4. The van der Waals surface area contributed by atoms with Gasteiger partial charge in [0.2, 0.25) is 5.91 Å². The first-order valence-corrected chi connectivity index (χ1v) is 10.6. The minimum atomic E-state index is -0.225. The summed E-state index contributed by atoms with van der Waals surface area (Å²) >= 11 is 1.42. The molecule has 1 aromatic heterocycles. The van der Waals surface area contributed by atoms with Gasteiger partial charge in [0.1, 0.15) is 4.88 Å². The Balaban J connectivity index is 1.56. The van der Waals surface area contributed by atoms with Gasteiger partial charge in [0.15, 0.2) is 0 Å². The summed E-state index contributed by atoms with van der Waals surface area (Å²) in [6, 6.07) is 5.34. The molecule has 0 spiro atoms. The predicted octanol–water partition coefficient (Wildman–Crippen LogP) is 2.40. The topological polar surface area (TPSA) is 99.3 Å². The zero-order chi connectivity index (χ0) is 20.5. The van der Waals surface area contributed by atoms with Crippen LogP contribution in [0.1, 0.15) is 46.2 Å². The average molecular weight is 413 g/mol. The molecular weight excluding hydrogens is 388 g/mol. The minimum Gasteiger partial charge on any atom is -0.381 e. The van der Waals surface area contributed by atoms with Crippen LogP contribution in [0, 0.1) is 0 Å². The second-order valence-electron chi connectivity index (χ2n) is 7.60. The van der Waals surface area contributed by atoms with E-state index in [1.54, 1.807) is 6.07 Å². The molecule has 0 bridgehead atoms. The highest BCUT2D eigenvalue weighted by molar-refractivity contribution is 7.21. The van der Waals surface area contributed by atoms with Crippen molar-refractivity contribution in [3.05, 3.63) is 41.3 Å². The van der Waals surface area contributed by atoms with Crippen LogP contribution in [0.4, 0.5) is 5.69 Å². The molecule has 0 saturated heterocycles. The van der Waals surface area contributed by atoms with Crippen LogP contribution in [0.3, 0.4) is 0 Å². The van der Waals surface area contributed by atoms with Crippen LogP contribution in [0.15, 0.2) is 30.9 Å². The number of carbonyl (C=O) groups is 3. The molecule has 29 heavy (non-hydrogen) atoms. The van der Waals surface area contributed by atoms with Gasteiger partial charge in [-0.15, -0.1) is 11.3 Å². The number of benzene rings is 1. The maximum atomic E-state index is 12.9. The molecule has 4 N–H and O–H groups in total. The molecule has 2 aliphatic rings. The SMILES string of the molecule is C=CC(=O)NC1CCCC1NC(=O)c1ccc2sc3c(c2c1)NC[C@@H](C)NC3=O. The maximum absolute atomic E-state index is 12.9. The number of fused-ring (bicyclic) bond motifs is 3. The van der Waals surface area contributed by atoms with E-state index in [0.717, 1.165) is 35.0 Å². The standard InChI is InChI=1S/C21H24N4O3S/c1-3-17(26)24-14-5-4-6-15(14)25-20(27)12-7-8-16-13(9-12)18-19(29-16)21(28)23-11(2)10-22-18/h3,7-9,11,14-15,22H,1,4-6,10H2,2H3,(H,23,28)(H,24,26)(H,25,27)/t11-,14?,15?/m1/s1. The molecule has 2 aromatic rings. The van der Waals surface area contributed by atoms with Gasteiger partial charge in [-0.3, -0.25) is 14.4 Å². The lowest BCUT2D eigenvalue weighted by atomic mass is 10.1. The largest absolute Gasteiger partial charge is 0.381 e. The third-order valence-electron chi connectivity index (χ3n) is 5.46. The Hall–Kier alpha value is -2.87. The molecule has 2 heterocycles. The highest BCUT2D eigenvalue weighted by Gasteiger charge is 2.30. The number of nitrogens with one attached hydrogen (secondary N) is 4. The quantitative estimate of drug-likeness (QED) is 0.580. The molecule has 2 unspecified atom stereocenters. The summed E-state index contributed by atoms with van der Waals surface area (Å²) in [4.78, 5) is 37.6. The zero-order valence-corrected chi connectivity index (χ0v) is 17.0. The number of carbonyl (C=O) groups excluding carboxylic acids is 3. The third kappa shape index (κ3) is 3.85. The number of hydrogen-bond acceptors (Lipinski definition) is 5. The maximum Gasteiger partial charge on any atom is 0.263 e. The summed E-state index contributed by atoms with van der Waals surface area (Å²) in [5.74, 6) is -0.489. The van der Waals surface area contributed by atoms with Crippen molar-refractivity contribution < 1.29 is 14.4 Å².